The summed E-state index contributed by atoms with van der Waals surface area (Å²) >= 11 is 5.88. The van der Waals surface area contributed by atoms with E-state index in [4.69, 9.17) is 16.0 Å². The minimum Gasteiger partial charge on any atom is -0.445 e. The summed E-state index contributed by atoms with van der Waals surface area (Å²) in [6.45, 7) is 6.76. The zero-order chi connectivity index (χ0) is 16.2. The third-order valence-corrected chi connectivity index (χ3v) is 5.81. The van der Waals surface area contributed by atoms with Gasteiger partial charge in [0.05, 0.1) is 0 Å². The van der Waals surface area contributed by atoms with Crippen molar-refractivity contribution in [3.8, 4) is 0 Å². The van der Waals surface area contributed by atoms with E-state index in [1.165, 1.54) is 12.8 Å². The Labute approximate surface area is 152 Å². The largest absolute Gasteiger partial charge is 0.445 e. The Morgan fingerprint density at radius 2 is 2.00 bits per heavy atom. The summed E-state index contributed by atoms with van der Waals surface area (Å²) in [6, 6.07) is 7.38. The van der Waals surface area contributed by atoms with Crippen molar-refractivity contribution in [2.24, 2.45) is 5.92 Å². The molecule has 2 aromatic rings. The van der Waals surface area contributed by atoms with Crippen LogP contribution >= 0.6 is 24.0 Å². The maximum Gasteiger partial charge on any atom is 0.251 e. The smallest absolute Gasteiger partial charge is 0.251 e. The van der Waals surface area contributed by atoms with Gasteiger partial charge in [0.15, 0.2) is 5.22 Å². The first kappa shape index (κ1) is 17.6. The van der Waals surface area contributed by atoms with Crippen LogP contribution in [0.3, 0.4) is 0 Å². The Bertz CT molecular complexity index is 763. The van der Waals surface area contributed by atoms with Crippen molar-refractivity contribution < 1.29 is 9.21 Å². The van der Waals surface area contributed by atoms with Gasteiger partial charge in [0.1, 0.15) is 5.58 Å². The molecule has 1 amide bonds. The molecule has 0 saturated carbocycles. The molecule has 4 heterocycles. The summed E-state index contributed by atoms with van der Waals surface area (Å²) in [7, 11) is 0. The molecule has 0 spiro atoms. The van der Waals surface area contributed by atoms with Crippen molar-refractivity contribution in [2.75, 3.05) is 13.1 Å². The maximum absolute atomic E-state index is 12.7. The van der Waals surface area contributed by atoms with Crippen LogP contribution < -0.4 is 5.32 Å². The number of piperidine rings is 3. The summed E-state index contributed by atoms with van der Waals surface area (Å²) in [5, 5.41) is 4.48. The van der Waals surface area contributed by atoms with Gasteiger partial charge < -0.3 is 9.73 Å². The molecule has 4 nitrogen and oxygen atoms in total. The highest BCUT2D eigenvalue weighted by Gasteiger charge is 2.48. The van der Waals surface area contributed by atoms with E-state index in [1.54, 1.807) is 18.2 Å². The molecule has 1 aromatic carbocycles. The molecular weight excluding hydrogens is 347 g/mol. The fourth-order valence-corrected chi connectivity index (χ4v) is 4.45. The highest BCUT2D eigenvalue weighted by atomic mass is 35.5. The van der Waals surface area contributed by atoms with Crippen LogP contribution in [0, 0.1) is 5.92 Å². The number of furan rings is 1. The molecule has 3 aliphatic heterocycles. The number of halogens is 2. The number of carbonyl (C=O) groups excluding carboxylic acids is 1. The van der Waals surface area contributed by atoms with Gasteiger partial charge >= 0.3 is 0 Å². The molecule has 0 unspecified atom stereocenters. The number of carbonyl (C=O) groups is 1. The fourth-order valence-electron chi connectivity index (χ4n) is 4.25. The Balaban J connectivity index is 0.00000169. The Morgan fingerprint density at radius 3 is 2.67 bits per heavy atom. The molecule has 1 aromatic heterocycles. The van der Waals surface area contributed by atoms with Crippen LogP contribution in [0.2, 0.25) is 5.22 Å². The number of nitrogens with one attached hydrogen (secondary N) is 1. The standard InChI is InChI=1S/C18H21ClN2O2.ClH/c1-18(2)16(11-5-7-21(18)8-6-11)20-17(22)12-3-4-14-13(9-12)10-15(19)23-14;/h3-4,9-11,16H,5-8H2,1-2H3,(H,20,22);1H/t16-;/m1./s1. The molecule has 5 rings (SSSR count). The molecule has 1 atom stereocenters. The highest BCUT2D eigenvalue weighted by molar-refractivity contribution is 6.29. The minimum absolute atomic E-state index is 0. The van der Waals surface area contributed by atoms with Crippen molar-refractivity contribution in [3.05, 3.63) is 35.0 Å². The lowest BCUT2D eigenvalue weighted by molar-refractivity contribution is -0.0378. The summed E-state index contributed by atoms with van der Waals surface area (Å²) in [5.41, 5.74) is 1.37. The van der Waals surface area contributed by atoms with E-state index in [0.29, 0.717) is 22.3 Å². The van der Waals surface area contributed by atoms with Crippen molar-refractivity contribution in [2.45, 2.75) is 38.3 Å². The third kappa shape index (κ3) is 2.81. The molecule has 3 saturated heterocycles. The van der Waals surface area contributed by atoms with Gasteiger partial charge in [-0.15, -0.1) is 12.4 Å². The number of hydrogen-bond donors (Lipinski definition) is 1. The summed E-state index contributed by atoms with van der Waals surface area (Å²) in [5.74, 6) is 0.557. The Morgan fingerprint density at radius 1 is 1.29 bits per heavy atom. The van der Waals surface area contributed by atoms with Gasteiger partial charge in [-0.3, -0.25) is 9.69 Å². The number of fused-ring (bicyclic) bond motifs is 4. The molecule has 1 N–H and O–H groups in total. The predicted octanol–water partition coefficient (Wildman–Crippen LogP) is 4.11. The van der Waals surface area contributed by atoms with E-state index in [0.717, 1.165) is 18.5 Å². The van der Waals surface area contributed by atoms with Crippen LogP contribution in [-0.2, 0) is 0 Å². The van der Waals surface area contributed by atoms with Crippen molar-refractivity contribution in [3.63, 3.8) is 0 Å². The van der Waals surface area contributed by atoms with Crippen LogP contribution in [0.15, 0.2) is 28.7 Å². The second-order valence-corrected chi connectivity index (χ2v) is 7.60. The predicted molar refractivity (Wildman–Crippen MR) is 98.1 cm³/mol. The lowest BCUT2D eigenvalue weighted by Gasteiger charge is -2.56. The van der Waals surface area contributed by atoms with E-state index in [1.807, 2.05) is 6.07 Å². The summed E-state index contributed by atoms with van der Waals surface area (Å²) < 4.78 is 5.35. The lowest BCUT2D eigenvalue weighted by Crippen LogP contribution is -2.69. The Kier molecular flexibility index (Phi) is 4.58. The number of benzene rings is 1. The third-order valence-electron chi connectivity index (χ3n) is 5.62. The van der Waals surface area contributed by atoms with Crippen LogP contribution in [0.5, 0.6) is 0 Å². The quantitative estimate of drug-likeness (QED) is 0.867. The van der Waals surface area contributed by atoms with Crippen molar-refractivity contribution in [1.82, 2.24) is 10.2 Å². The van der Waals surface area contributed by atoms with Gasteiger partial charge in [-0.05, 0) is 75.5 Å². The average molecular weight is 369 g/mol. The molecule has 3 fully saturated rings. The van der Waals surface area contributed by atoms with E-state index in [-0.39, 0.29) is 29.9 Å². The zero-order valence-corrected chi connectivity index (χ0v) is 15.4. The number of rotatable bonds is 2. The second-order valence-electron chi connectivity index (χ2n) is 7.23. The summed E-state index contributed by atoms with van der Waals surface area (Å²) in [6.07, 6.45) is 2.34. The average Bonchev–Trinajstić information content (AvgIpc) is 2.90. The number of amides is 1. The Hall–Kier alpha value is -1.23. The first-order valence-electron chi connectivity index (χ1n) is 8.20. The fraction of sp³-hybridized carbons (Fsp3) is 0.500. The van der Waals surface area contributed by atoms with Gasteiger partial charge in [-0.25, -0.2) is 0 Å². The SMILES string of the molecule is CC1(C)[C@H](NC(=O)c2ccc3oc(Cl)cc3c2)C2CCN1CC2.Cl. The topological polar surface area (TPSA) is 45.5 Å². The summed E-state index contributed by atoms with van der Waals surface area (Å²) in [4.78, 5) is 15.2. The van der Waals surface area contributed by atoms with Crippen LogP contribution in [0.25, 0.3) is 11.0 Å². The molecule has 0 aliphatic carbocycles. The molecule has 24 heavy (non-hydrogen) atoms. The monoisotopic (exact) mass is 368 g/mol. The normalized spacial score (nSPS) is 27.7. The van der Waals surface area contributed by atoms with Crippen LogP contribution in [-0.4, -0.2) is 35.5 Å². The van der Waals surface area contributed by atoms with Crippen molar-refractivity contribution >= 4 is 40.9 Å². The number of hydrogen-bond acceptors (Lipinski definition) is 3. The van der Waals surface area contributed by atoms with Gasteiger partial charge in [0.25, 0.3) is 5.91 Å². The van der Waals surface area contributed by atoms with Crippen molar-refractivity contribution in [1.29, 1.82) is 0 Å². The lowest BCUT2D eigenvalue weighted by atomic mass is 9.72. The number of nitrogens with zero attached hydrogens (tertiary/aromatic N) is 1. The molecule has 0 radical (unpaired) electrons. The molecule has 2 bridgehead atoms. The molecular formula is C18H22Cl2N2O2. The molecule has 130 valence electrons. The van der Waals surface area contributed by atoms with Crippen LogP contribution in [0.4, 0.5) is 0 Å². The van der Waals surface area contributed by atoms with E-state index >= 15 is 0 Å². The van der Waals surface area contributed by atoms with Gasteiger partial charge in [-0.2, -0.15) is 0 Å². The first-order chi connectivity index (χ1) is 10.9. The van der Waals surface area contributed by atoms with E-state index in [9.17, 15) is 4.79 Å². The minimum atomic E-state index is -0.0175. The first-order valence-corrected chi connectivity index (χ1v) is 8.58. The second kappa shape index (κ2) is 6.25. The van der Waals surface area contributed by atoms with Gasteiger partial charge in [0, 0.05) is 28.6 Å². The highest BCUT2D eigenvalue weighted by Crippen LogP contribution is 2.39. The van der Waals surface area contributed by atoms with E-state index < -0.39 is 0 Å². The maximum atomic E-state index is 12.7. The molecule has 3 aliphatic rings. The van der Waals surface area contributed by atoms with Gasteiger partial charge in [0.2, 0.25) is 0 Å². The molecule has 6 heteroatoms. The van der Waals surface area contributed by atoms with Crippen LogP contribution in [0.1, 0.15) is 37.0 Å². The zero-order valence-electron chi connectivity index (χ0n) is 13.8. The van der Waals surface area contributed by atoms with E-state index in [2.05, 4.69) is 24.1 Å². The van der Waals surface area contributed by atoms with Gasteiger partial charge in [-0.1, -0.05) is 0 Å².